The van der Waals surface area contributed by atoms with E-state index in [-0.39, 0.29) is 12.1 Å². The van der Waals surface area contributed by atoms with Crippen LogP contribution in [-0.2, 0) is 0 Å². The van der Waals surface area contributed by atoms with Gasteiger partial charge in [0.25, 0.3) is 5.91 Å². The zero-order valence-electron chi connectivity index (χ0n) is 11.5. The molecule has 1 aromatic carbocycles. The lowest BCUT2D eigenvalue weighted by Crippen LogP contribution is -2.14. The van der Waals surface area contributed by atoms with Gasteiger partial charge in [-0.05, 0) is 37.3 Å². The van der Waals surface area contributed by atoms with Gasteiger partial charge in [0, 0.05) is 23.1 Å². The van der Waals surface area contributed by atoms with Crippen molar-refractivity contribution in [3.05, 3.63) is 59.2 Å². The molecule has 0 atom stereocenters. The molecular weight excluding hydrogens is 269 g/mol. The van der Waals surface area contributed by atoms with E-state index in [0.29, 0.717) is 11.3 Å². The molecule has 0 radical (unpaired) electrons. The molecule has 1 heterocycles. The lowest BCUT2D eigenvalue weighted by atomic mass is 10.1. The van der Waals surface area contributed by atoms with Crippen molar-refractivity contribution in [1.29, 1.82) is 0 Å². The van der Waals surface area contributed by atoms with Crippen molar-refractivity contribution >= 4 is 11.6 Å². The number of anilines is 1. The Balaban J connectivity index is 2.26. The lowest BCUT2D eigenvalue weighted by Gasteiger charge is -2.07. The largest absolute Gasteiger partial charge is 0.322 e. The van der Waals surface area contributed by atoms with E-state index < -0.39 is 11.7 Å². The zero-order valence-corrected chi connectivity index (χ0v) is 11.5. The van der Waals surface area contributed by atoms with Crippen molar-refractivity contribution in [2.24, 2.45) is 5.73 Å². The zero-order chi connectivity index (χ0) is 15.2. The highest BCUT2D eigenvalue weighted by Gasteiger charge is 2.12. The van der Waals surface area contributed by atoms with Crippen molar-refractivity contribution in [3.8, 4) is 11.8 Å². The SMILES string of the molecule is Cc1cc(NC(=O)c2cc(C#CCN)ccc2F)ccn1. The molecule has 0 aliphatic carbocycles. The van der Waals surface area contributed by atoms with Gasteiger partial charge >= 0.3 is 0 Å². The molecule has 106 valence electrons. The van der Waals surface area contributed by atoms with E-state index >= 15 is 0 Å². The fourth-order valence-corrected chi connectivity index (χ4v) is 1.75. The maximum Gasteiger partial charge on any atom is 0.258 e. The highest BCUT2D eigenvalue weighted by atomic mass is 19.1. The Labute approximate surface area is 122 Å². The molecule has 0 fully saturated rings. The maximum absolute atomic E-state index is 13.8. The second-order valence-electron chi connectivity index (χ2n) is 4.34. The van der Waals surface area contributed by atoms with Crippen LogP contribution in [0.15, 0.2) is 36.5 Å². The third-order valence-corrected chi connectivity index (χ3v) is 2.70. The number of aromatic nitrogens is 1. The first kappa shape index (κ1) is 14.7. The van der Waals surface area contributed by atoms with Crippen molar-refractivity contribution in [2.75, 3.05) is 11.9 Å². The Morgan fingerprint density at radius 1 is 1.38 bits per heavy atom. The third-order valence-electron chi connectivity index (χ3n) is 2.70. The summed E-state index contributed by atoms with van der Waals surface area (Å²) in [7, 11) is 0. The van der Waals surface area contributed by atoms with E-state index in [1.165, 1.54) is 18.2 Å². The molecule has 2 rings (SSSR count). The third kappa shape index (κ3) is 3.88. The number of pyridine rings is 1. The monoisotopic (exact) mass is 283 g/mol. The maximum atomic E-state index is 13.8. The minimum Gasteiger partial charge on any atom is -0.322 e. The number of benzene rings is 1. The number of nitrogens with two attached hydrogens (primary N) is 1. The number of rotatable bonds is 2. The quantitative estimate of drug-likeness (QED) is 0.829. The number of hydrogen-bond donors (Lipinski definition) is 2. The second kappa shape index (κ2) is 6.64. The van der Waals surface area contributed by atoms with Crippen LogP contribution < -0.4 is 11.1 Å². The minimum absolute atomic E-state index is 0.0618. The van der Waals surface area contributed by atoms with Gasteiger partial charge in [-0.2, -0.15) is 0 Å². The van der Waals surface area contributed by atoms with Crippen LogP contribution in [0.3, 0.4) is 0 Å². The summed E-state index contributed by atoms with van der Waals surface area (Å²) in [5.41, 5.74) is 7.09. The Hall–Kier alpha value is -2.71. The van der Waals surface area contributed by atoms with Gasteiger partial charge in [0.1, 0.15) is 5.82 Å². The second-order valence-corrected chi connectivity index (χ2v) is 4.34. The summed E-state index contributed by atoms with van der Waals surface area (Å²) in [6.07, 6.45) is 1.57. The summed E-state index contributed by atoms with van der Waals surface area (Å²) in [5, 5.41) is 2.63. The van der Waals surface area contributed by atoms with Crippen LogP contribution in [0.25, 0.3) is 0 Å². The van der Waals surface area contributed by atoms with Gasteiger partial charge in [-0.1, -0.05) is 11.8 Å². The molecular formula is C16H14FN3O. The molecule has 0 aliphatic rings. The van der Waals surface area contributed by atoms with Crippen LogP contribution in [0.4, 0.5) is 10.1 Å². The number of nitrogens with zero attached hydrogens (tertiary/aromatic N) is 1. The van der Waals surface area contributed by atoms with Gasteiger partial charge in [0.2, 0.25) is 0 Å². The molecule has 0 unspecified atom stereocenters. The molecule has 2 aromatic rings. The van der Waals surface area contributed by atoms with E-state index in [0.717, 1.165) is 5.69 Å². The van der Waals surface area contributed by atoms with Gasteiger partial charge in [0.15, 0.2) is 0 Å². The van der Waals surface area contributed by atoms with Crippen molar-refractivity contribution in [3.63, 3.8) is 0 Å². The molecule has 1 amide bonds. The molecule has 1 aromatic heterocycles. The van der Waals surface area contributed by atoms with Crippen LogP contribution in [0, 0.1) is 24.6 Å². The van der Waals surface area contributed by atoms with E-state index in [4.69, 9.17) is 5.73 Å². The summed E-state index contributed by atoms with van der Waals surface area (Å²) in [5.74, 6) is 4.30. The lowest BCUT2D eigenvalue weighted by molar-refractivity contribution is 0.102. The van der Waals surface area contributed by atoms with E-state index in [1.54, 1.807) is 25.3 Å². The predicted molar refractivity (Wildman–Crippen MR) is 79.3 cm³/mol. The number of halogens is 1. The molecule has 5 heteroatoms. The minimum atomic E-state index is -0.600. The van der Waals surface area contributed by atoms with Crippen LogP contribution >= 0.6 is 0 Å². The summed E-state index contributed by atoms with van der Waals surface area (Å²) >= 11 is 0. The molecule has 0 aliphatic heterocycles. The van der Waals surface area contributed by atoms with Gasteiger partial charge in [0.05, 0.1) is 12.1 Å². The Morgan fingerprint density at radius 3 is 2.90 bits per heavy atom. The smallest absolute Gasteiger partial charge is 0.258 e. The first-order valence-corrected chi connectivity index (χ1v) is 6.32. The highest BCUT2D eigenvalue weighted by molar-refractivity contribution is 6.04. The average molecular weight is 283 g/mol. The van der Waals surface area contributed by atoms with Gasteiger partial charge in [-0.3, -0.25) is 9.78 Å². The summed E-state index contributed by atoms with van der Waals surface area (Å²) in [4.78, 5) is 16.2. The Morgan fingerprint density at radius 2 is 2.19 bits per heavy atom. The average Bonchev–Trinajstić information content (AvgIpc) is 2.46. The first-order valence-electron chi connectivity index (χ1n) is 6.32. The van der Waals surface area contributed by atoms with E-state index in [1.807, 2.05) is 0 Å². The predicted octanol–water partition coefficient (Wildman–Crippen LogP) is 2.09. The summed E-state index contributed by atoms with van der Waals surface area (Å²) in [6.45, 7) is 2.01. The van der Waals surface area contributed by atoms with Crippen molar-refractivity contribution in [1.82, 2.24) is 4.98 Å². The number of carbonyl (C=O) groups is 1. The van der Waals surface area contributed by atoms with Crippen LogP contribution in [-0.4, -0.2) is 17.4 Å². The fraction of sp³-hybridized carbons (Fsp3) is 0.125. The number of carbonyl (C=O) groups excluding carboxylic acids is 1. The topological polar surface area (TPSA) is 68.0 Å². The summed E-state index contributed by atoms with van der Waals surface area (Å²) in [6, 6.07) is 7.47. The normalized spacial score (nSPS) is 9.67. The Bertz CT molecular complexity index is 732. The summed E-state index contributed by atoms with van der Waals surface area (Å²) < 4.78 is 13.8. The molecule has 21 heavy (non-hydrogen) atoms. The number of aryl methyl sites for hydroxylation is 1. The Kier molecular flexibility index (Phi) is 4.64. The van der Waals surface area contributed by atoms with Gasteiger partial charge < -0.3 is 11.1 Å². The number of amides is 1. The number of nitrogens with one attached hydrogen (secondary N) is 1. The first-order chi connectivity index (χ1) is 10.1. The van der Waals surface area contributed by atoms with E-state index in [9.17, 15) is 9.18 Å². The van der Waals surface area contributed by atoms with Crippen molar-refractivity contribution < 1.29 is 9.18 Å². The molecule has 0 spiro atoms. The van der Waals surface area contributed by atoms with Crippen molar-refractivity contribution in [2.45, 2.75) is 6.92 Å². The molecule has 0 saturated carbocycles. The molecule has 0 saturated heterocycles. The van der Waals surface area contributed by atoms with E-state index in [2.05, 4.69) is 22.1 Å². The van der Waals surface area contributed by atoms with Crippen LogP contribution in [0.1, 0.15) is 21.6 Å². The molecule has 0 bridgehead atoms. The fourth-order valence-electron chi connectivity index (χ4n) is 1.75. The standard InChI is InChI=1S/C16H14FN3O/c1-11-9-13(6-8-19-11)20-16(21)14-10-12(3-2-7-18)4-5-15(14)17/h4-6,8-10H,7,18H2,1H3,(H,19,20,21). The highest BCUT2D eigenvalue weighted by Crippen LogP contribution is 2.14. The number of hydrogen-bond acceptors (Lipinski definition) is 3. The van der Waals surface area contributed by atoms with Gasteiger partial charge in [-0.25, -0.2) is 4.39 Å². The van der Waals surface area contributed by atoms with Gasteiger partial charge in [-0.15, -0.1) is 0 Å². The molecule has 3 N–H and O–H groups in total. The van der Waals surface area contributed by atoms with Crippen LogP contribution in [0.5, 0.6) is 0 Å². The van der Waals surface area contributed by atoms with Crippen LogP contribution in [0.2, 0.25) is 0 Å². The molecule has 4 nitrogen and oxygen atoms in total.